The van der Waals surface area contributed by atoms with Gasteiger partial charge in [0.05, 0.1) is 12.0 Å². The van der Waals surface area contributed by atoms with Crippen molar-refractivity contribution in [3.63, 3.8) is 0 Å². The molecule has 2 unspecified atom stereocenters. The Balaban J connectivity index is 2.84. The van der Waals surface area contributed by atoms with Crippen LogP contribution < -0.4 is 11.5 Å². The number of primary amides is 1. The van der Waals surface area contributed by atoms with Crippen LogP contribution in [0.15, 0.2) is 0 Å². The van der Waals surface area contributed by atoms with Crippen molar-refractivity contribution < 1.29 is 9.59 Å². The van der Waals surface area contributed by atoms with Crippen LogP contribution in [0.5, 0.6) is 0 Å². The summed E-state index contributed by atoms with van der Waals surface area (Å²) in [5, 5.41) is 0. The van der Waals surface area contributed by atoms with Gasteiger partial charge in [-0.15, -0.1) is 0 Å². The van der Waals surface area contributed by atoms with Gasteiger partial charge in [0.15, 0.2) is 0 Å². The third kappa shape index (κ3) is 3.22. The van der Waals surface area contributed by atoms with Crippen molar-refractivity contribution in [2.75, 3.05) is 13.1 Å². The molecule has 1 aliphatic rings. The van der Waals surface area contributed by atoms with E-state index in [1.807, 2.05) is 20.8 Å². The van der Waals surface area contributed by atoms with E-state index in [0.717, 1.165) is 19.3 Å². The SMILES string of the molecule is CC(C)CN(CC(N)=O)C(=O)C1(C)CCCC1N. The maximum Gasteiger partial charge on any atom is 0.237 e. The summed E-state index contributed by atoms with van der Waals surface area (Å²) in [5.74, 6) is -0.200. The average Bonchev–Trinajstić information content (AvgIpc) is 2.57. The molecule has 0 spiro atoms. The number of nitrogens with two attached hydrogens (primary N) is 2. The Morgan fingerprint density at radius 3 is 2.44 bits per heavy atom. The minimum Gasteiger partial charge on any atom is -0.368 e. The van der Waals surface area contributed by atoms with Crippen molar-refractivity contribution in [1.29, 1.82) is 0 Å². The van der Waals surface area contributed by atoms with Gasteiger partial charge in [0, 0.05) is 12.6 Å². The number of carbonyl (C=O) groups is 2. The zero-order valence-corrected chi connectivity index (χ0v) is 11.6. The lowest BCUT2D eigenvalue weighted by Crippen LogP contribution is -2.52. The molecule has 1 saturated carbocycles. The average molecular weight is 255 g/mol. The summed E-state index contributed by atoms with van der Waals surface area (Å²) in [7, 11) is 0. The van der Waals surface area contributed by atoms with E-state index in [4.69, 9.17) is 11.5 Å². The molecule has 0 saturated heterocycles. The first kappa shape index (κ1) is 15.0. The largest absolute Gasteiger partial charge is 0.368 e. The van der Waals surface area contributed by atoms with Gasteiger partial charge in [-0.3, -0.25) is 9.59 Å². The molecule has 5 nitrogen and oxygen atoms in total. The molecule has 1 fully saturated rings. The molecule has 18 heavy (non-hydrogen) atoms. The fraction of sp³-hybridized carbons (Fsp3) is 0.846. The van der Waals surface area contributed by atoms with Crippen molar-refractivity contribution in [3.8, 4) is 0 Å². The van der Waals surface area contributed by atoms with Crippen molar-refractivity contribution in [3.05, 3.63) is 0 Å². The molecule has 4 N–H and O–H groups in total. The fourth-order valence-corrected chi connectivity index (χ4v) is 2.67. The van der Waals surface area contributed by atoms with E-state index in [9.17, 15) is 9.59 Å². The summed E-state index contributed by atoms with van der Waals surface area (Å²) in [6.07, 6.45) is 2.63. The van der Waals surface area contributed by atoms with E-state index in [-0.39, 0.29) is 18.5 Å². The van der Waals surface area contributed by atoms with Crippen molar-refractivity contribution in [1.82, 2.24) is 4.90 Å². The fourth-order valence-electron chi connectivity index (χ4n) is 2.67. The maximum absolute atomic E-state index is 12.6. The van der Waals surface area contributed by atoms with Crippen molar-refractivity contribution in [2.45, 2.75) is 46.1 Å². The standard InChI is InChI=1S/C13H25N3O2/c1-9(2)7-16(8-11(15)17)12(18)13(3)6-4-5-10(13)14/h9-10H,4-8,14H2,1-3H3,(H2,15,17). The molecule has 104 valence electrons. The predicted molar refractivity (Wildman–Crippen MR) is 70.5 cm³/mol. The molecule has 2 amide bonds. The monoisotopic (exact) mass is 255 g/mol. The van der Waals surface area contributed by atoms with Crippen LogP contribution in [-0.4, -0.2) is 35.8 Å². The summed E-state index contributed by atoms with van der Waals surface area (Å²) in [6.45, 7) is 6.46. The van der Waals surface area contributed by atoms with E-state index >= 15 is 0 Å². The second-order valence-corrected chi connectivity index (χ2v) is 5.96. The number of hydrogen-bond donors (Lipinski definition) is 2. The van der Waals surface area contributed by atoms with Crippen LogP contribution in [-0.2, 0) is 9.59 Å². The van der Waals surface area contributed by atoms with Gasteiger partial charge in [0.1, 0.15) is 0 Å². The van der Waals surface area contributed by atoms with Crippen LogP contribution in [0.25, 0.3) is 0 Å². The summed E-state index contributed by atoms with van der Waals surface area (Å²) in [4.78, 5) is 25.2. The van der Waals surface area contributed by atoms with Gasteiger partial charge >= 0.3 is 0 Å². The normalized spacial score (nSPS) is 27.5. The first-order valence-electron chi connectivity index (χ1n) is 6.60. The molecule has 0 aromatic rings. The summed E-state index contributed by atoms with van der Waals surface area (Å²) in [6, 6.07) is -0.118. The highest BCUT2D eigenvalue weighted by Crippen LogP contribution is 2.38. The molecule has 0 bridgehead atoms. The zero-order chi connectivity index (χ0) is 13.9. The van der Waals surface area contributed by atoms with Gasteiger partial charge in [-0.25, -0.2) is 0 Å². The Hall–Kier alpha value is -1.10. The maximum atomic E-state index is 12.6. The molecular formula is C13H25N3O2. The Labute approximate surface area is 109 Å². The van der Waals surface area contributed by atoms with Crippen LogP contribution >= 0.6 is 0 Å². The van der Waals surface area contributed by atoms with E-state index in [2.05, 4.69) is 0 Å². The Morgan fingerprint density at radius 1 is 1.44 bits per heavy atom. The summed E-state index contributed by atoms with van der Waals surface area (Å²) in [5.41, 5.74) is 10.7. The second-order valence-electron chi connectivity index (χ2n) is 5.96. The number of hydrogen-bond acceptors (Lipinski definition) is 3. The van der Waals surface area contributed by atoms with Gasteiger partial charge in [-0.1, -0.05) is 20.3 Å². The molecule has 0 aliphatic heterocycles. The van der Waals surface area contributed by atoms with E-state index in [1.165, 1.54) is 0 Å². The molecular weight excluding hydrogens is 230 g/mol. The van der Waals surface area contributed by atoms with Crippen molar-refractivity contribution in [2.24, 2.45) is 22.8 Å². The molecule has 1 rings (SSSR count). The predicted octanol–water partition coefficient (Wildman–Crippen LogP) is 0.474. The first-order valence-corrected chi connectivity index (χ1v) is 6.60. The molecule has 0 radical (unpaired) electrons. The number of carbonyl (C=O) groups excluding carboxylic acids is 2. The number of amides is 2. The van der Waals surface area contributed by atoms with Gasteiger partial charge in [-0.2, -0.15) is 0 Å². The Morgan fingerprint density at radius 2 is 2.06 bits per heavy atom. The molecule has 5 heteroatoms. The van der Waals surface area contributed by atoms with Gasteiger partial charge in [-0.05, 0) is 25.7 Å². The molecule has 1 aliphatic carbocycles. The van der Waals surface area contributed by atoms with E-state index < -0.39 is 11.3 Å². The number of nitrogens with zero attached hydrogens (tertiary/aromatic N) is 1. The van der Waals surface area contributed by atoms with Gasteiger partial charge in [0.25, 0.3) is 0 Å². The highest BCUT2D eigenvalue weighted by molar-refractivity contribution is 5.88. The van der Waals surface area contributed by atoms with Crippen molar-refractivity contribution >= 4 is 11.8 Å². The number of rotatable bonds is 5. The highest BCUT2D eigenvalue weighted by atomic mass is 16.2. The topological polar surface area (TPSA) is 89.4 Å². The quantitative estimate of drug-likeness (QED) is 0.748. The van der Waals surface area contributed by atoms with Crippen LogP contribution in [0.4, 0.5) is 0 Å². The molecule has 0 aromatic carbocycles. The first-order chi connectivity index (χ1) is 8.27. The lowest BCUT2D eigenvalue weighted by atomic mass is 9.83. The molecule has 2 atom stereocenters. The lowest BCUT2D eigenvalue weighted by Gasteiger charge is -2.34. The van der Waals surface area contributed by atoms with E-state index in [0.29, 0.717) is 12.5 Å². The Bertz CT molecular complexity index is 330. The summed E-state index contributed by atoms with van der Waals surface area (Å²) >= 11 is 0. The molecule has 0 heterocycles. The van der Waals surface area contributed by atoms with Gasteiger partial charge < -0.3 is 16.4 Å². The molecule has 0 aromatic heterocycles. The second kappa shape index (κ2) is 5.69. The smallest absolute Gasteiger partial charge is 0.237 e. The summed E-state index contributed by atoms with van der Waals surface area (Å²) < 4.78 is 0. The van der Waals surface area contributed by atoms with Gasteiger partial charge in [0.2, 0.25) is 11.8 Å². The van der Waals surface area contributed by atoms with Crippen LogP contribution in [0.2, 0.25) is 0 Å². The third-order valence-electron chi connectivity index (χ3n) is 3.74. The highest BCUT2D eigenvalue weighted by Gasteiger charge is 2.45. The zero-order valence-electron chi connectivity index (χ0n) is 11.6. The minimum atomic E-state index is -0.537. The van der Waals surface area contributed by atoms with Crippen LogP contribution in [0.1, 0.15) is 40.0 Å². The van der Waals surface area contributed by atoms with Crippen LogP contribution in [0, 0.1) is 11.3 Å². The lowest BCUT2D eigenvalue weighted by molar-refractivity contribution is -0.144. The van der Waals surface area contributed by atoms with Crippen LogP contribution in [0.3, 0.4) is 0 Å². The third-order valence-corrected chi connectivity index (χ3v) is 3.74. The van der Waals surface area contributed by atoms with E-state index in [1.54, 1.807) is 4.90 Å². The minimum absolute atomic E-state index is 0.0146. The Kier molecular flexibility index (Phi) is 4.73.